The summed E-state index contributed by atoms with van der Waals surface area (Å²) in [6.45, 7) is 5.93. The molecule has 0 bridgehead atoms. The first-order chi connectivity index (χ1) is 11.7. The van der Waals surface area contributed by atoms with Gasteiger partial charge >= 0.3 is 0 Å². The SMILES string of the molecule is CC(C)CNC1(C2CCCCC2NC2CCCCC2)CCCCC1. The molecule has 3 saturated carbocycles. The maximum absolute atomic E-state index is 4.18. The summed E-state index contributed by atoms with van der Waals surface area (Å²) in [6, 6.07) is 1.59. The van der Waals surface area contributed by atoms with Crippen LogP contribution in [0.3, 0.4) is 0 Å². The van der Waals surface area contributed by atoms with E-state index in [0.29, 0.717) is 5.54 Å². The topological polar surface area (TPSA) is 24.1 Å². The first kappa shape index (κ1) is 18.7. The van der Waals surface area contributed by atoms with Crippen molar-refractivity contribution in [3.8, 4) is 0 Å². The van der Waals surface area contributed by atoms with Gasteiger partial charge in [-0.1, -0.05) is 65.2 Å². The van der Waals surface area contributed by atoms with E-state index in [1.54, 1.807) is 0 Å². The van der Waals surface area contributed by atoms with Gasteiger partial charge in [0.1, 0.15) is 0 Å². The molecule has 0 spiro atoms. The number of hydrogen-bond acceptors (Lipinski definition) is 2. The van der Waals surface area contributed by atoms with Gasteiger partial charge < -0.3 is 10.6 Å². The molecule has 2 heteroatoms. The van der Waals surface area contributed by atoms with Gasteiger partial charge in [0.15, 0.2) is 0 Å². The molecule has 2 N–H and O–H groups in total. The van der Waals surface area contributed by atoms with Gasteiger partial charge in [0.25, 0.3) is 0 Å². The van der Waals surface area contributed by atoms with Crippen molar-refractivity contribution >= 4 is 0 Å². The van der Waals surface area contributed by atoms with E-state index in [2.05, 4.69) is 24.5 Å². The second-order valence-corrected chi connectivity index (χ2v) is 9.49. The average Bonchev–Trinajstić information content (AvgIpc) is 2.62. The third-order valence-electron chi connectivity index (χ3n) is 7.14. The predicted octanol–water partition coefficient (Wildman–Crippen LogP) is 5.42. The summed E-state index contributed by atoms with van der Waals surface area (Å²) in [7, 11) is 0. The van der Waals surface area contributed by atoms with Gasteiger partial charge in [-0.3, -0.25) is 0 Å². The Morgan fingerprint density at radius 1 is 0.792 bits per heavy atom. The summed E-state index contributed by atoms with van der Waals surface area (Å²) in [5.74, 6) is 1.63. The number of nitrogens with one attached hydrogen (secondary N) is 2. The molecule has 0 heterocycles. The second kappa shape index (κ2) is 9.03. The van der Waals surface area contributed by atoms with Crippen LogP contribution in [0.1, 0.15) is 104 Å². The van der Waals surface area contributed by atoms with Crippen molar-refractivity contribution in [1.82, 2.24) is 10.6 Å². The Bertz CT molecular complexity index is 353. The standard InChI is InChI=1S/C22H42N2/c1-18(2)17-23-22(15-9-4-10-16-22)20-13-7-8-14-21(20)24-19-11-5-3-6-12-19/h18-21,23-24H,3-17H2,1-2H3. The lowest BCUT2D eigenvalue weighted by molar-refractivity contribution is 0.0732. The van der Waals surface area contributed by atoms with Crippen molar-refractivity contribution in [2.75, 3.05) is 6.54 Å². The lowest BCUT2D eigenvalue weighted by atomic mass is 9.65. The Labute approximate surface area is 150 Å². The minimum Gasteiger partial charge on any atom is -0.311 e. The van der Waals surface area contributed by atoms with Crippen LogP contribution in [0.25, 0.3) is 0 Å². The van der Waals surface area contributed by atoms with E-state index in [1.165, 1.54) is 96.4 Å². The molecule has 0 aromatic rings. The van der Waals surface area contributed by atoms with Gasteiger partial charge in [0.05, 0.1) is 0 Å². The Hall–Kier alpha value is -0.0800. The molecule has 3 aliphatic carbocycles. The molecule has 2 nitrogen and oxygen atoms in total. The fourth-order valence-electron chi connectivity index (χ4n) is 5.83. The largest absolute Gasteiger partial charge is 0.311 e. The third-order valence-corrected chi connectivity index (χ3v) is 7.14. The molecule has 0 aromatic heterocycles. The van der Waals surface area contributed by atoms with E-state index < -0.39 is 0 Å². The summed E-state index contributed by atoms with van der Waals surface area (Å²) >= 11 is 0. The quantitative estimate of drug-likeness (QED) is 0.678. The molecule has 3 aliphatic rings. The summed E-state index contributed by atoms with van der Waals surface area (Å²) in [5, 5.41) is 8.31. The van der Waals surface area contributed by atoms with Crippen LogP contribution < -0.4 is 10.6 Å². The molecule has 0 aromatic carbocycles. The smallest absolute Gasteiger partial charge is 0.0224 e. The Morgan fingerprint density at radius 2 is 1.42 bits per heavy atom. The Balaban J connectivity index is 1.69. The van der Waals surface area contributed by atoms with Crippen LogP contribution in [0.5, 0.6) is 0 Å². The number of rotatable bonds is 6. The first-order valence-electron chi connectivity index (χ1n) is 11.2. The summed E-state index contributed by atoms with van der Waals surface area (Å²) < 4.78 is 0. The van der Waals surface area contributed by atoms with Gasteiger partial charge in [-0.05, 0) is 56.9 Å². The molecule has 0 aliphatic heterocycles. The third kappa shape index (κ3) is 4.75. The normalized spacial score (nSPS) is 32.1. The zero-order valence-electron chi connectivity index (χ0n) is 16.4. The van der Waals surface area contributed by atoms with Crippen LogP contribution in [0.15, 0.2) is 0 Å². The maximum atomic E-state index is 4.18. The van der Waals surface area contributed by atoms with Crippen LogP contribution in [0.2, 0.25) is 0 Å². The van der Waals surface area contributed by atoms with Gasteiger partial charge in [-0.2, -0.15) is 0 Å². The van der Waals surface area contributed by atoms with Crippen LogP contribution in [0, 0.1) is 11.8 Å². The van der Waals surface area contributed by atoms with Crippen molar-refractivity contribution < 1.29 is 0 Å². The molecule has 3 rings (SSSR count). The second-order valence-electron chi connectivity index (χ2n) is 9.49. The van der Waals surface area contributed by atoms with Crippen LogP contribution in [-0.4, -0.2) is 24.2 Å². The fraction of sp³-hybridized carbons (Fsp3) is 1.00. The van der Waals surface area contributed by atoms with Gasteiger partial charge in [-0.25, -0.2) is 0 Å². The predicted molar refractivity (Wildman–Crippen MR) is 104 cm³/mol. The van der Waals surface area contributed by atoms with Gasteiger partial charge in [0.2, 0.25) is 0 Å². The minimum absolute atomic E-state index is 0.440. The van der Waals surface area contributed by atoms with Crippen molar-refractivity contribution in [3.63, 3.8) is 0 Å². The van der Waals surface area contributed by atoms with Gasteiger partial charge in [0, 0.05) is 17.6 Å². The molecule has 140 valence electrons. The summed E-state index contributed by atoms with van der Waals surface area (Å²) in [5.41, 5.74) is 0.440. The molecule has 2 atom stereocenters. The summed E-state index contributed by atoms with van der Waals surface area (Å²) in [6.07, 6.45) is 20.2. The monoisotopic (exact) mass is 334 g/mol. The van der Waals surface area contributed by atoms with Crippen molar-refractivity contribution in [2.45, 2.75) is 121 Å². The number of hydrogen-bond donors (Lipinski definition) is 2. The van der Waals surface area contributed by atoms with E-state index in [4.69, 9.17) is 0 Å². The molecular formula is C22H42N2. The van der Waals surface area contributed by atoms with Crippen LogP contribution in [-0.2, 0) is 0 Å². The molecule has 3 fully saturated rings. The van der Waals surface area contributed by atoms with Crippen molar-refractivity contribution in [3.05, 3.63) is 0 Å². The van der Waals surface area contributed by atoms with Crippen molar-refractivity contribution in [2.24, 2.45) is 11.8 Å². The Kier molecular flexibility index (Phi) is 7.04. The van der Waals surface area contributed by atoms with Crippen LogP contribution in [0.4, 0.5) is 0 Å². The zero-order chi connectivity index (χ0) is 16.8. The highest BCUT2D eigenvalue weighted by molar-refractivity contribution is 5.03. The molecule has 0 saturated heterocycles. The van der Waals surface area contributed by atoms with E-state index in [0.717, 1.165) is 23.9 Å². The average molecular weight is 335 g/mol. The zero-order valence-corrected chi connectivity index (χ0v) is 16.4. The molecule has 24 heavy (non-hydrogen) atoms. The lowest BCUT2D eigenvalue weighted by Crippen LogP contribution is -2.61. The summed E-state index contributed by atoms with van der Waals surface area (Å²) in [4.78, 5) is 0. The van der Waals surface area contributed by atoms with E-state index in [-0.39, 0.29) is 0 Å². The molecule has 0 amide bonds. The highest BCUT2D eigenvalue weighted by atomic mass is 15.0. The van der Waals surface area contributed by atoms with Gasteiger partial charge in [-0.15, -0.1) is 0 Å². The highest BCUT2D eigenvalue weighted by Gasteiger charge is 2.44. The van der Waals surface area contributed by atoms with E-state index in [1.807, 2.05) is 0 Å². The Morgan fingerprint density at radius 3 is 2.12 bits per heavy atom. The molecule has 2 unspecified atom stereocenters. The first-order valence-corrected chi connectivity index (χ1v) is 11.2. The van der Waals surface area contributed by atoms with Crippen molar-refractivity contribution in [1.29, 1.82) is 0 Å². The highest BCUT2D eigenvalue weighted by Crippen LogP contribution is 2.42. The fourth-order valence-corrected chi connectivity index (χ4v) is 5.83. The van der Waals surface area contributed by atoms with E-state index in [9.17, 15) is 0 Å². The minimum atomic E-state index is 0.440. The maximum Gasteiger partial charge on any atom is 0.0224 e. The lowest BCUT2D eigenvalue weighted by Gasteiger charge is -2.51. The van der Waals surface area contributed by atoms with E-state index >= 15 is 0 Å². The molecule has 0 radical (unpaired) electrons. The molecular weight excluding hydrogens is 292 g/mol. The van der Waals surface area contributed by atoms with Crippen LogP contribution >= 0.6 is 0 Å².